The number of rotatable bonds is 5. The van der Waals surface area contributed by atoms with E-state index in [-0.39, 0.29) is 11.8 Å². The van der Waals surface area contributed by atoms with Crippen molar-refractivity contribution in [3.8, 4) is 0 Å². The monoisotopic (exact) mass is 388 g/mol. The number of nitrogens with one attached hydrogen (secondary N) is 2. The van der Waals surface area contributed by atoms with Gasteiger partial charge in [-0.05, 0) is 60.0 Å². The summed E-state index contributed by atoms with van der Waals surface area (Å²) in [5, 5.41) is 5.67. The lowest BCUT2D eigenvalue weighted by Crippen LogP contribution is -2.41. The van der Waals surface area contributed by atoms with E-state index in [4.69, 9.17) is 0 Å². The van der Waals surface area contributed by atoms with Gasteiger partial charge in [-0.2, -0.15) is 0 Å². The number of carbonyl (C=O) groups excluding carboxylic acids is 2. The maximum Gasteiger partial charge on any atom is 0.239 e. The Kier molecular flexibility index (Phi) is 5.78. The van der Waals surface area contributed by atoms with Crippen LogP contribution in [0.15, 0.2) is 53.0 Å². The van der Waals surface area contributed by atoms with Crippen molar-refractivity contribution in [2.45, 2.75) is 27.2 Å². The minimum atomic E-state index is -1.21. The molecule has 0 fully saturated rings. The van der Waals surface area contributed by atoms with Crippen LogP contribution >= 0.6 is 15.9 Å². The first-order valence-corrected chi connectivity index (χ1v) is 8.61. The topological polar surface area (TPSA) is 58.2 Å². The largest absolute Gasteiger partial charge is 0.325 e. The molecule has 4 nitrogen and oxygen atoms in total. The van der Waals surface area contributed by atoms with Gasteiger partial charge in [-0.1, -0.05) is 37.3 Å². The predicted molar refractivity (Wildman–Crippen MR) is 101 cm³/mol. The SMILES string of the molecule is CCc1ccccc1NC(=O)C(C)(C)C(=O)Nc1ccccc1Br. The number of aryl methyl sites for hydroxylation is 1. The van der Waals surface area contributed by atoms with E-state index in [0.29, 0.717) is 5.69 Å². The van der Waals surface area contributed by atoms with Crippen molar-refractivity contribution in [2.75, 3.05) is 10.6 Å². The molecule has 2 aromatic rings. The molecule has 2 rings (SSSR count). The fraction of sp³-hybridized carbons (Fsp3) is 0.263. The van der Waals surface area contributed by atoms with Crippen molar-refractivity contribution in [1.82, 2.24) is 0 Å². The predicted octanol–water partition coefficient (Wildman–Crippen LogP) is 4.61. The first-order valence-electron chi connectivity index (χ1n) is 7.81. The van der Waals surface area contributed by atoms with Crippen molar-refractivity contribution < 1.29 is 9.59 Å². The molecular formula is C19H21BrN2O2. The quantitative estimate of drug-likeness (QED) is 0.734. The summed E-state index contributed by atoms with van der Waals surface area (Å²) >= 11 is 3.39. The van der Waals surface area contributed by atoms with E-state index in [1.54, 1.807) is 19.9 Å². The maximum atomic E-state index is 12.6. The normalized spacial score (nSPS) is 11.0. The summed E-state index contributed by atoms with van der Waals surface area (Å²) in [5.41, 5.74) is 1.20. The van der Waals surface area contributed by atoms with Crippen LogP contribution in [0.25, 0.3) is 0 Å². The Labute approximate surface area is 150 Å². The van der Waals surface area contributed by atoms with Gasteiger partial charge in [0.15, 0.2) is 0 Å². The van der Waals surface area contributed by atoms with E-state index in [9.17, 15) is 9.59 Å². The number of hydrogen-bond acceptors (Lipinski definition) is 2. The highest BCUT2D eigenvalue weighted by molar-refractivity contribution is 9.10. The van der Waals surface area contributed by atoms with Gasteiger partial charge in [0.2, 0.25) is 11.8 Å². The summed E-state index contributed by atoms with van der Waals surface area (Å²) < 4.78 is 0.769. The average molecular weight is 389 g/mol. The van der Waals surface area contributed by atoms with Crippen molar-refractivity contribution in [3.05, 3.63) is 58.6 Å². The van der Waals surface area contributed by atoms with Crippen LogP contribution in [0.4, 0.5) is 11.4 Å². The molecule has 0 aromatic heterocycles. The fourth-order valence-corrected chi connectivity index (χ4v) is 2.56. The van der Waals surface area contributed by atoms with Crippen molar-refractivity contribution in [3.63, 3.8) is 0 Å². The number of benzene rings is 2. The molecule has 0 atom stereocenters. The van der Waals surface area contributed by atoms with Gasteiger partial charge in [0, 0.05) is 10.2 Å². The molecule has 0 aliphatic carbocycles. The highest BCUT2D eigenvalue weighted by Crippen LogP contribution is 2.26. The first kappa shape index (κ1) is 18.2. The first-order chi connectivity index (χ1) is 11.4. The van der Waals surface area contributed by atoms with Crippen molar-refractivity contribution >= 4 is 39.1 Å². The van der Waals surface area contributed by atoms with Crippen molar-refractivity contribution in [1.29, 1.82) is 0 Å². The van der Waals surface area contributed by atoms with Crippen LogP contribution in [-0.2, 0) is 16.0 Å². The van der Waals surface area contributed by atoms with Gasteiger partial charge in [0.05, 0.1) is 5.69 Å². The Morgan fingerprint density at radius 2 is 1.42 bits per heavy atom. The zero-order valence-corrected chi connectivity index (χ0v) is 15.6. The number of halogens is 1. The molecule has 0 saturated carbocycles. The standard InChI is InChI=1S/C19H21BrN2O2/c1-4-13-9-5-7-11-15(13)21-17(23)19(2,3)18(24)22-16-12-8-6-10-14(16)20/h5-12H,4H2,1-3H3,(H,21,23)(H,22,24). The summed E-state index contributed by atoms with van der Waals surface area (Å²) in [6, 6.07) is 14.9. The summed E-state index contributed by atoms with van der Waals surface area (Å²) in [4.78, 5) is 25.2. The molecule has 0 unspecified atom stereocenters. The summed E-state index contributed by atoms with van der Waals surface area (Å²) in [6.45, 7) is 5.25. The molecule has 0 heterocycles. The van der Waals surface area contributed by atoms with Crippen LogP contribution in [-0.4, -0.2) is 11.8 Å². The number of anilines is 2. The highest BCUT2D eigenvalue weighted by atomic mass is 79.9. The zero-order valence-electron chi connectivity index (χ0n) is 14.0. The molecule has 0 bridgehead atoms. The van der Waals surface area contributed by atoms with E-state index >= 15 is 0 Å². The number of hydrogen-bond donors (Lipinski definition) is 2. The summed E-state index contributed by atoms with van der Waals surface area (Å²) in [6.07, 6.45) is 0.806. The smallest absolute Gasteiger partial charge is 0.239 e. The average Bonchev–Trinajstić information content (AvgIpc) is 2.57. The van der Waals surface area contributed by atoms with E-state index < -0.39 is 5.41 Å². The van der Waals surface area contributed by atoms with Crippen LogP contribution in [0.2, 0.25) is 0 Å². The molecule has 0 saturated heterocycles. The lowest BCUT2D eigenvalue weighted by Gasteiger charge is -2.23. The molecular weight excluding hydrogens is 368 g/mol. The second kappa shape index (κ2) is 7.62. The maximum absolute atomic E-state index is 12.6. The van der Waals surface area contributed by atoms with Crippen LogP contribution in [0.1, 0.15) is 26.3 Å². The molecule has 0 aliphatic heterocycles. The Bertz CT molecular complexity index is 757. The third kappa shape index (κ3) is 4.03. The van der Waals surface area contributed by atoms with E-state index in [0.717, 1.165) is 22.1 Å². The molecule has 0 aliphatic rings. The minimum Gasteiger partial charge on any atom is -0.325 e. The van der Waals surface area contributed by atoms with Gasteiger partial charge in [0.1, 0.15) is 5.41 Å². The molecule has 2 amide bonds. The molecule has 5 heteroatoms. The molecule has 2 aromatic carbocycles. The van der Waals surface area contributed by atoms with Gasteiger partial charge in [0.25, 0.3) is 0 Å². The van der Waals surface area contributed by atoms with Crippen LogP contribution < -0.4 is 10.6 Å². The van der Waals surface area contributed by atoms with Crippen molar-refractivity contribution in [2.24, 2.45) is 5.41 Å². The van der Waals surface area contributed by atoms with Crippen LogP contribution in [0.5, 0.6) is 0 Å². The molecule has 24 heavy (non-hydrogen) atoms. The second-order valence-electron chi connectivity index (χ2n) is 6.02. The number of carbonyl (C=O) groups is 2. The Hall–Kier alpha value is -2.14. The van der Waals surface area contributed by atoms with Gasteiger partial charge < -0.3 is 10.6 Å². The summed E-state index contributed by atoms with van der Waals surface area (Å²) in [7, 11) is 0. The third-order valence-corrected chi connectivity index (χ3v) is 4.60. The Morgan fingerprint density at radius 1 is 0.917 bits per heavy atom. The van der Waals surface area contributed by atoms with Gasteiger partial charge in [-0.3, -0.25) is 9.59 Å². The van der Waals surface area contributed by atoms with Gasteiger partial charge >= 0.3 is 0 Å². The zero-order chi connectivity index (χ0) is 17.7. The fourth-order valence-electron chi connectivity index (χ4n) is 2.17. The van der Waals surface area contributed by atoms with Crippen LogP contribution in [0, 0.1) is 5.41 Å². The van der Waals surface area contributed by atoms with E-state index in [1.807, 2.05) is 49.4 Å². The van der Waals surface area contributed by atoms with E-state index in [2.05, 4.69) is 26.6 Å². The highest BCUT2D eigenvalue weighted by Gasteiger charge is 2.36. The molecule has 126 valence electrons. The minimum absolute atomic E-state index is 0.340. The van der Waals surface area contributed by atoms with Gasteiger partial charge in [-0.15, -0.1) is 0 Å². The molecule has 0 spiro atoms. The molecule has 2 N–H and O–H groups in total. The Balaban J connectivity index is 2.15. The van der Waals surface area contributed by atoms with E-state index in [1.165, 1.54) is 0 Å². The number of para-hydroxylation sites is 2. The van der Waals surface area contributed by atoms with Crippen LogP contribution in [0.3, 0.4) is 0 Å². The number of amides is 2. The lowest BCUT2D eigenvalue weighted by atomic mass is 9.90. The lowest BCUT2D eigenvalue weighted by molar-refractivity contribution is -0.135. The van der Waals surface area contributed by atoms with Gasteiger partial charge in [-0.25, -0.2) is 0 Å². The summed E-state index contributed by atoms with van der Waals surface area (Å²) in [5.74, 6) is -0.700. The molecule has 0 radical (unpaired) electrons. The Morgan fingerprint density at radius 3 is 2.00 bits per heavy atom. The third-order valence-electron chi connectivity index (χ3n) is 3.90. The second-order valence-corrected chi connectivity index (χ2v) is 6.88.